The summed E-state index contributed by atoms with van der Waals surface area (Å²) in [5, 5.41) is 1.11. The van der Waals surface area contributed by atoms with Crippen molar-refractivity contribution in [1.29, 1.82) is 0 Å². The Morgan fingerprint density at radius 3 is 3.28 bits per heavy atom. The lowest BCUT2D eigenvalue weighted by atomic mass is 10.1. The highest BCUT2D eigenvalue weighted by molar-refractivity contribution is 5.79. The van der Waals surface area contributed by atoms with E-state index >= 15 is 0 Å². The van der Waals surface area contributed by atoms with E-state index in [1.165, 1.54) is 19.4 Å². The first-order valence-corrected chi connectivity index (χ1v) is 6.65. The molecule has 0 saturated carbocycles. The average molecular weight is 243 g/mol. The van der Waals surface area contributed by atoms with Gasteiger partial charge in [-0.3, -0.25) is 0 Å². The zero-order valence-corrected chi connectivity index (χ0v) is 10.8. The van der Waals surface area contributed by atoms with Crippen LogP contribution in [0.3, 0.4) is 0 Å². The summed E-state index contributed by atoms with van der Waals surface area (Å²) in [4.78, 5) is 5.59. The number of hydrogen-bond acceptors (Lipinski definition) is 2. The Kier molecular flexibility index (Phi) is 3.24. The van der Waals surface area contributed by atoms with Gasteiger partial charge >= 0.3 is 0 Å². The molecule has 0 aliphatic carbocycles. The lowest BCUT2D eigenvalue weighted by molar-refractivity contribution is 0.233. The molecule has 1 atom stereocenters. The van der Waals surface area contributed by atoms with Crippen molar-refractivity contribution in [1.82, 2.24) is 9.88 Å². The summed E-state index contributed by atoms with van der Waals surface area (Å²) >= 11 is 0. The maximum Gasteiger partial charge on any atom is 0.121 e. The van der Waals surface area contributed by atoms with Gasteiger partial charge in [-0.05, 0) is 45.0 Å². The third-order valence-electron chi connectivity index (χ3n) is 3.84. The van der Waals surface area contributed by atoms with Crippen LogP contribution in [0.2, 0.25) is 0 Å². The fourth-order valence-electron chi connectivity index (χ4n) is 2.71. The van der Waals surface area contributed by atoms with E-state index in [0.29, 0.717) is 6.04 Å². The smallest absolute Gasteiger partial charge is 0.121 e. The van der Waals surface area contributed by atoms with E-state index < -0.39 is 0 Å². The largest absolute Gasteiger partial charge is 0.493 e. The standard InChI is InChI=1S/C15H19N2O/c1-17-9-2-3-13(17)7-10-18-14-5-4-12-6-8-16-15(12)11-14/h4-5,8,11,13,16H,2-3,7,9-10H2,1H3. The summed E-state index contributed by atoms with van der Waals surface area (Å²) in [6, 6.07) is 9.95. The fraction of sp³-hybridized carbons (Fsp3) is 0.467. The zero-order chi connectivity index (χ0) is 12.4. The molecule has 3 heteroatoms. The monoisotopic (exact) mass is 243 g/mol. The van der Waals surface area contributed by atoms with Crippen molar-refractivity contribution in [2.45, 2.75) is 25.3 Å². The van der Waals surface area contributed by atoms with Gasteiger partial charge in [0.05, 0.1) is 6.61 Å². The molecular weight excluding hydrogens is 224 g/mol. The predicted molar refractivity (Wildman–Crippen MR) is 72.9 cm³/mol. The van der Waals surface area contributed by atoms with E-state index in [1.807, 2.05) is 24.4 Å². The second kappa shape index (κ2) is 5.02. The van der Waals surface area contributed by atoms with Crippen molar-refractivity contribution in [3.8, 4) is 5.75 Å². The highest BCUT2D eigenvalue weighted by atomic mass is 16.5. The van der Waals surface area contributed by atoms with Crippen molar-refractivity contribution < 1.29 is 4.74 Å². The quantitative estimate of drug-likeness (QED) is 0.894. The second-order valence-corrected chi connectivity index (χ2v) is 5.05. The molecule has 1 aliphatic rings. The number of aromatic amines is 1. The van der Waals surface area contributed by atoms with Crippen LogP contribution < -0.4 is 4.74 Å². The summed E-state index contributed by atoms with van der Waals surface area (Å²) in [5.74, 6) is 0.944. The van der Waals surface area contributed by atoms with Crippen molar-refractivity contribution in [3.05, 3.63) is 30.5 Å². The molecule has 1 saturated heterocycles. The number of likely N-dealkylation sites (tertiary alicyclic amines) is 1. The van der Waals surface area contributed by atoms with Gasteiger partial charge in [-0.2, -0.15) is 0 Å². The third-order valence-corrected chi connectivity index (χ3v) is 3.84. The van der Waals surface area contributed by atoms with Crippen LogP contribution in [-0.4, -0.2) is 36.1 Å². The minimum absolute atomic E-state index is 0.701. The van der Waals surface area contributed by atoms with Gasteiger partial charge in [-0.25, -0.2) is 0 Å². The normalized spacial score (nSPS) is 20.6. The van der Waals surface area contributed by atoms with Crippen LogP contribution in [-0.2, 0) is 0 Å². The van der Waals surface area contributed by atoms with Crippen molar-refractivity contribution >= 4 is 10.9 Å². The molecule has 0 amide bonds. The molecule has 0 bridgehead atoms. The van der Waals surface area contributed by atoms with Crippen LogP contribution in [0.25, 0.3) is 10.9 Å². The molecule has 1 N–H and O–H groups in total. The van der Waals surface area contributed by atoms with Gasteiger partial charge in [0, 0.05) is 35.3 Å². The van der Waals surface area contributed by atoms with Gasteiger partial charge in [0.1, 0.15) is 5.75 Å². The number of rotatable bonds is 4. The van der Waals surface area contributed by atoms with Crippen molar-refractivity contribution in [2.75, 3.05) is 20.2 Å². The molecule has 3 nitrogen and oxygen atoms in total. The van der Waals surface area contributed by atoms with Gasteiger partial charge in [0.15, 0.2) is 0 Å². The van der Waals surface area contributed by atoms with Crippen LogP contribution >= 0.6 is 0 Å². The second-order valence-electron chi connectivity index (χ2n) is 5.05. The topological polar surface area (TPSA) is 28.3 Å². The van der Waals surface area contributed by atoms with Crippen LogP contribution in [0.15, 0.2) is 24.4 Å². The Hall–Kier alpha value is -1.48. The number of H-pyrrole nitrogens is 1. The zero-order valence-electron chi connectivity index (χ0n) is 10.8. The molecule has 1 unspecified atom stereocenters. The number of nitrogens with zero attached hydrogens (tertiary/aromatic N) is 1. The summed E-state index contributed by atoms with van der Waals surface area (Å²) in [5.41, 5.74) is 1.09. The number of nitrogens with one attached hydrogen (secondary N) is 1. The molecule has 1 aliphatic heterocycles. The van der Waals surface area contributed by atoms with Crippen LogP contribution in [0.4, 0.5) is 0 Å². The van der Waals surface area contributed by atoms with Gasteiger partial charge < -0.3 is 14.6 Å². The molecule has 95 valence electrons. The van der Waals surface area contributed by atoms with Gasteiger partial charge in [-0.1, -0.05) is 0 Å². The molecule has 1 radical (unpaired) electrons. The van der Waals surface area contributed by atoms with E-state index in [1.54, 1.807) is 0 Å². The fourth-order valence-corrected chi connectivity index (χ4v) is 2.71. The molecule has 1 fully saturated rings. The molecule has 2 heterocycles. The summed E-state index contributed by atoms with van der Waals surface area (Å²) in [6.07, 6.45) is 5.59. The first-order chi connectivity index (χ1) is 8.83. The Morgan fingerprint density at radius 1 is 1.50 bits per heavy atom. The average Bonchev–Trinajstić information content (AvgIpc) is 2.98. The van der Waals surface area contributed by atoms with Crippen molar-refractivity contribution in [2.24, 2.45) is 0 Å². The van der Waals surface area contributed by atoms with Gasteiger partial charge in [0.2, 0.25) is 0 Å². The molecule has 0 spiro atoms. The lowest BCUT2D eigenvalue weighted by Gasteiger charge is -2.19. The number of ether oxygens (including phenoxy) is 1. The summed E-state index contributed by atoms with van der Waals surface area (Å²) < 4.78 is 5.83. The van der Waals surface area contributed by atoms with Crippen LogP contribution in [0.1, 0.15) is 19.3 Å². The van der Waals surface area contributed by atoms with E-state index in [4.69, 9.17) is 4.74 Å². The number of fused-ring (bicyclic) bond motifs is 1. The van der Waals surface area contributed by atoms with Crippen molar-refractivity contribution in [3.63, 3.8) is 0 Å². The molecular formula is C15H19N2O. The van der Waals surface area contributed by atoms with E-state index in [-0.39, 0.29) is 0 Å². The maximum absolute atomic E-state index is 5.83. The minimum Gasteiger partial charge on any atom is -0.493 e. The van der Waals surface area contributed by atoms with Crippen LogP contribution in [0, 0.1) is 6.07 Å². The van der Waals surface area contributed by atoms with Gasteiger partial charge in [0.25, 0.3) is 0 Å². The van der Waals surface area contributed by atoms with Gasteiger partial charge in [-0.15, -0.1) is 0 Å². The van der Waals surface area contributed by atoms with E-state index in [2.05, 4.69) is 23.0 Å². The van der Waals surface area contributed by atoms with Crippen LogP contribution in [0.5, 0.6) is 5.75 Å². The highest BCUT2D eigenvalue weighted by Gasteiger charge is 2.20. The summed E-state index contributed by atoms with van der Waals surface area (Å²) in [6.45, 7) is 2.03. The molecule has 2 aromatic rings. The Morgan fingerprint density at radius 2 is 2.44 bits per heavy atom. The third kappa shape index (κ3) is 2.36. The lowest BCUT2D eigenvalue weighted by Crippen LogP contribution is -2.26. The molecule has 1 aromatic heterocycles. The minimum atomic E-state index is 0.701. The number of benzene rings is 1. The Bertz CT molecular complexity index is 520. The molecule has 3 rings (SSSR count). The number of hydrogen-bond donors (Lipinski definition) is 1. The maximum atomic E-state index is 5.83. The first kappa shape index (κ1) is 11.6. The SMILES string of the molecule is CN1CCCC1CCOc1ccc2[c]c[nH]c2c1. The first-order valence-electron chi connectivity index (χ1n) is 6.65. The van der Waals surface area contributed by atoms with E-state index in [9.17, 15) is 0 Å². The Balaban J connectivity index is 1.56. The predicted octanol–water partition coefficient (Wildman–Crippen LogP) is 2.83. The highest BCUT2D eigenvalue weighted by Crippen LogP contribution is 2.21. The van der Waals surface area contributed by atoms with E-state index in [0.717, 1.165) is 29.7 Å². The Labute approximate surface area is 108 Å². The molecule has 1 aromatic carbocycles. The molecule has 18 heavy (non-hydrogen) atoms. The number of aromatic nitrogens is 1. The summed E-state index contributed by atoms with van der Waals surface area (Å²) in [7, 11) is 2.21.